The molecule has 0 aliphatic rings. The second-order valence-electron chi connectivity index (χ2n) is 10.4. The second-order valence-corrected chi connectivity index (χ2v) is 10.4. The molecule has 0 fully saturated rings. The van der Waals surface area contributed by atoms with Crippen LogP contribution in [0.3, 0.4) is 0 Å². The standard InChI is InChI=1S/C33H64O11/c1-3-5-7-9-11-13-15-33(35)44-31-29-42-27-25-40-23-21-38-19-17-36-16-18-37-20-22-39-24-26-41-28-30-43-32(34)14-12-10-8-6-4-2/h3-31H2,1-2H3. The van der Waals surface area contributed by atoms with E-state index in [0.717, 1.165) is 25.7 Å². The topological polar surface area (TPSA) is 117 Å². The zero-order valence-corrected chi connectivity index (χ0v) is 28.0. The van der Waals surface area contributed by atoms with Crippen LogP contribution in [0, 0.1) is 0 Å². The summed E-state index contributed by atoms with van der Waals surface area (Å²) >= 11 is 0. The van der Waals surface area contributed by atoms with Crippen molar-refractivity contribution in [1.82, 2.24) is 0 Å². The average molecular weight is 637 g/mol. The monoisotopic (exact) mass is 636 g/mol. The predicted molar refractivity (Wildman–Crippen MR) is 169 cm³/mol. The molecule has 0 heterocycles. The molecule has 0 atom stereocenters. The maximum absolute atomic E-state index is 11.7. The third kappa shape index (κ3) is 36.8. The largest absolute Gasteiger partial charge is 0.463 e. The van der Waals surface area contributed by atoms with Gasteiger partial charge < -0.3 is 42.6 Å². The van der Waals surface area contributed by atoms with Crippen molar-refractivity contribution in [2.75, 3.05) is 106 Å². The average Bonchev–Trinajstić information content (AvgIpc) is 3.02. The van der Waals surface area contributed by atoms with Crippen LogP contribution in [-0.2, 0) is 52.2 Å². The molecule has 0 spiro atoms. The normalized spacial score (nSPS) is 11.2. The zero-order valence-electron chi connectivity index (χ0n) is 28.0. The van der Waals surface area contributed by atoms with Crippen molar-refractivity contribution in [3.05, 3.63) is 0 Å². The first kappa shape index (κ1) is 42.7. The Kier molecular flexibility index (Phi) is 36.7. The predicted octanol–water partition coefficient (Wildman–Crippen LogP) is 5.30. The molecule has 0 radical (unpaired) electrons. The van der Waals surface area contributed by atoms with Crippen molar-refractivity contribution in [2.24, 2.45) is 0 Å². The van der Waals surface area contributed by atoms with Gasteiger partial charge in [0.15, 0.2) is 0 Å². The Morgan fingerprint density at radius 2 is 0.545 bits per heavy atom. The number of carbonyl (C=O) groups is 2. The molecular weight excluding hydrogens is 572 g/mol. The summed E-state index contributed by atoms with van der Waals surface area (Å²) in [6.45, 7) is 11.5. The summed E-state index contributed by atoms with van der Waals surface area (Å²) in [6.07, 6.45) is 13.5. The van der Waals surface area contributed by atoms with E-state index in [0.29, 0.717) is 105 Å². The van der Waals surface area contributed by atoms with Crippen LogP contribution < -0.4 is 0 Å². The van der Waals surface area contributed by atoms with Crippen LogP contribution in [0.5, 0.6) is 0 Å². The molecule has 0 saturated carbocycles. The lowest BCUT2D eigenvalue weighted by atomic mass is 10.1. The lowest BCUT2D eigenvalue weighted by Gasteiger charge is -2.09. The van der Waals surface area contributed by atoms with E-state index in [4.69, 9.17) is 42.6 Å². The summed E-state index contributed by atoms with van der Waals surface area (Å²) in [5.41, 5.74) is 0. The number of hydrogen-bond acceptors (Lipinski definition) is 11. The fourth-order valence-corrected chi connectivity index (χ4v) is 3.92. The van der Waals surface area contributed by atoms with Gasteiger partial charge in [-0.05, 0) is 12.8 Å². The highest BCUT2D eigenvalue weighted by molar-refractivity contribution is 5.69. The van der Waals surface area contributed by atoms with Crippen LogP contribution in [0.1, 0.15) is 97.3 Å². The zero-order chi connectivity index (χ0) is 32.0. The minimum Gasteiger partial charge on any atom is -0.463 e. The number of esters is 2. The smallest absolute Gasteiger partial charge is 0.305 e. The molecule has 0 rings (SSSR count). The van der Waals surface area contributed by atoms with Crippen LogP contribution in [0.4, 0.5) is 0 Å². The number of rotatable bonds is 37. The van der Waals surface area contributed by atoms with Crippen molar-refractivity contribution in [3.8, 4) is 0 Å². The summed E-state index contributed by atoms with van der Waals surface area (Å²) in [7, 11) is 0. The van der Waals surface area contributed by atoms with Gasteiger partial charge in [0.2, 0.25) is 0 Å². The van der Waals surface area contributed by atoms with Crippen LogP contribution >= 0.6 is 0 Å². The van der Waals surface area contributed by atoms with E-state index in [-0.39, 0.29) is 25.2 Å². The molecule has 0 aliphatic heterocycles. The highest BCUT2D eigenvalue weighted by Crippen LogP contribution is 2.07. The first-order valence-electron chi connectivity index (χ1n) is 17.1. The van der Waals surface area contributed by atoms with Gasteiger partial charge in [0.05, 0.1) is 92.5 Å². The molecular formula is C33H64O11. The fourth-order valence-electron chi connectivity index (χ4n) is 3.92. The molecule has 0 aromatic heterocycles. The quantitative estimate of drug-likeness (QED) is 0.0653. The molecule has 11 heteroatoms. The molecule has 0 unspecified atom stereocenters. The van der Waals surface area contributed by atoms with Gasteiger partial charge in [0.1, 0.15) is 13.2 Å². The molecule has 0 aliphatic carbocycles. The Balaban J connectivity index is 3.14. The third-order valence-corrected chi connectivity index (χ3v) is 6.43. The highest BCUT2D eigenvalue weighted by atomic mass is 16.6. The molecule has 44 heavy (non-hydrogen) atoms. The SMILES string of the molecule is CCCCCCCCC(=O)OCCOCCOCCOCCOCCOCCOCCOCCOC(=O)CCCCCCC. The first-order chi connectivity index (χ1) is 21.7. The van der Waals surface area contributed by atoms with Crippen LogP contribution in [0.15, 0.2) is 0 Å². The van der Waals surface area contributed by atoms with Gasteiger partial charge in [-0.1, -0.05) is 71.6 Å². The second kappa shape index (κ2) is 37.8. The number of ether oxygens (including phenoxy) is 9. The summed E-state index contributed by atoms with van der Waals surface area (Å²) < 4.78 is 48.4. The number of hydrogen-bond donors (Lipinski definition) is 0. The minimum absolute atomic E-state index is 0.144. The molecule has 262 valence electrons. The van der Waals surface area contributed by atoms with Crippen LogP contribution in [-0.4, -0.2) is 118 Å². The van der Waals surface area contributed by atoms with Crippen LogP contribution in [0.2, 0.25) is 0 Å². The maximum atomic E-state index is 11.7. The van der Waals surface area contributed by atoms with Crippen LogP contribution in [0.25, 0.3) is 0 Å². The Bertz CT molecular complexity index is 592. The van der Waals surface area contributed by atoms with Gasteiger partial charge in [0, 0.05) is 12.8 Å². The summed E-state index contributed by atoms with van der Waals surface area (Å²) in [4.78, 5) is 23.3. The van der Waals surface area contributed by atoms with Crippen molar-refractivity contribution >= 4 is 11.9 Å². The molecule has 0 saturated heterocycles. The van der Waals surface area contributed by atoms with Crippen molar-refractivity contribution < 1.29 is 52.2 Å². The van der Waals surface area contributed by atoms with Gasteiger partial charge >= 0.3 is 11.9 Å². The maximum Gasteiger partial charge on any atom is 0.305 e. The Hall–Kier alpha value is -1.34. The summed E-state index contributed by atoms with van der Waals surface area (Å²) in [5, 5.41) is 0. The van der Waals surface area contributed by atoms with Crippen molar-refractivity contribution in [3.63, 3.8) is 0 Å². The molecule has 11 nitrogen and oxygen atoms in total. The van der Waals surface area contributed by atoms with Crippen molar-refractivity contribution in [1.29, 1.82) is 0 Å². The van der Waals surface area contributed by atoms with E-state index in [2.05, 4.69) is 13.8 Å². The molecule has 0 aromatic rings. The first-order valence-corrected chi connectivity index (χ1v) is 17.1. The van der Waals surface area contributed by atoms with Gasteiger partial charge in [-0.3, -0.25) is 9.59 Å². The molecule has 0 amide bonds. The van der Waals surface area contributed by atoms with E-state index in [1.165, 1.54) is 44.9 Å². The third-order valence-electron chi connectivity index (χ3n) is 6.43. The Labute approximate surface area is 267 Å². The van der Waals surface area contributed by atoms with E-state index in [9.17, 15) is 9.59 Å². The van der Waals surface area contributed by atoms with Gasteiger partial charge in [-0.15, -0.1) is 0 Å². The highest BCUT2D eigenvalue weighted by Gasteiger charge is 2.03. The number of unbranched alkanes of at least 4 members (excludes halogenated alkanes) is 9. The summed E-state index contributed by atoms with van der Waals surface area (Å²) in [5.74, 6) is -0.292. The Morgan fingerprint density at radius 1 is 0.318 bits per heavy atom. The lowest BCUT2D eigenvalue weighted by Crippen LogP contribution is -2.15. The molecule has 0 bridgehead atoms. The van der Waals surface area contributed by atoms with Crippen molar-refractivity contribution in [2.45, 2.75) is 97.3 Å². The minimum atomic E-state index is -0.148. The Morgan fingerprint density at radius 3 is 0.818 bits per heavy atom. The van der Waals surface area contributed by atoms with E-state index < -0.39 is 0 Å². The van der Waals surface area contributed by atoms with Gasteiger partial charge in [-0.2, -0.15) is 0 Å². The summed E-state index contributed by atoms with van der Waals surface area (Å²) in [6, 6.07) is 0. The van der Waals surface area contributed by atoms with E-state index >= 15 is 0 Å². The van der Waals surface area contributed by atoms with E-state index in [1.54, 1.807) is 0 Å². The van der Waals surface area contributed by atoms with E-state index in [1.807, 2.05) is 0 Å². The molecule has 0 aromatic carbocycles. The number of carbonyl (C=O) groups excluding carboxylic acids is 2. The molecule has 0 N–H and O–H groups in total. The van der Waals surface area contributed by atoms with Gasteiger partial charge in [0.25, 0.3) is 0 Å². The lowest BCUT2D eigenvalue weighted by molar-refractivity contribution is -0.146. The van der Waals surface area contributed by atoms with Gasteiger partial charge in [-0.25, -0.2) is 0 Å². The fraction of sp³-hybridized carbons (Fsp3) is 0.939.